The molecule has 0 unspecified atom stereocenters. The molecule has 0 bridgehead atoms. The highest BCUT2D eigenvalue weighted by atomic mass is 79.9. The van der Waals surface area contributed by atoms with Crippen molar-refractivity contribution in [1.82, 2.24) is 15.3 Å². The fourth-order valence-corrected chi connectivity index (χ4v) is 3.07. The Morgan fingerprint density at radius 3 is 2.84 bits per heavy atom. The molecule has 100 valence electrons. The van der Waals surface area contributed by atoms with E-state index in [4.69, 9.17) is 0 Å². The number of benzene rings is 1. The third-order valence-corrected chi connectivity index (χ3v) is 4.18. The summed E-state index contributed by atoms with van der Waals surface area (Å²) in [7, 11) is 0. The Morgan fingerprint density at radius 1 is 1.32 bits per heavy atom. The molecule has 2 aromatic rings. The lowest BCUT2D eigenvalue weighted by molar-refractivity contribution is 0.724. The first kappa shape index (κ1) is 14.5. The van der Waals surface area contributed by atoms with Gasteiger partial charge in [-0.25, -0.2) is 9.97 Å². The average Bonchev–Trinajstić information content (AvgIpc) is 2.38. The maximum atomic E-state index is 4.39. The zero-order valence-corrected chi connectivity index (χ0v) is 13.4. The molecule has 0 aliphatic heterocycles. The number of hydrogen-bond acceptors (Lipinski definition) is 4. The zero-order chi connectivity index (χ0) is 13.7. The summed E-state index contributed by atoms with van der Waals surface area (Å²) in [6.07, 6.45) is 1.79. The molecular weight excluding hydrogens is 322 g/mol. The smallest absolute Gasteiger partial charge is 0.192 e. The van der Waals surface area contributed by atoms with Crippen LogP contribution in [0.25, 0.3) is 0 Å². The predicted octanol–water partition coefficient (Wildman–Crippen LogP) is 3.81. The number of rotatable bonds is 5. The van der Waals surface area contributed by atoms with E-state index in [0.29, 0.717) is 0 Å². The summed E-state index contributed by atoms with van der Waals surface area (Å²) in [5, 5.41) is 4.10. The van der Waals surface area contributed by atoms with E-state index >= 15 is 0 Å². The highest BCUT2D eigenvalue weighted by molar-refractivity contribution is 9.10. The Hall–Kier alpha value is -0.910. The lowest BCUT2D eigenvalue weighted by Crippen LogP contribution is -2.11. The Bertz CT molecular complexity index is 560. The second kappa shape index (κ2) is 7.03. The Labute approximate surface area is 126 Å². The maximum absolute atomic E-state index is 4.39. The highest BCUT2D eigenvalue weighted by Gasteiger charge is 2.04. The molecule has 0 aliphatic rings. The third-order valence-electron chi connectivity index (χ3n) is 2.57. The highest BCUT2D eigenvalue weighted by Crippen LogP contribution is 2.29. The molecule has 3 nitrogen and oxygen atoms in total. The van der Waals surface area contributed by atoms with Crippen molar-refractivity contribution in [1.29, 1.82) is 0 Å². The molecule has 0 atom stereocenters. The van der Waals surface area contributed by atoms with Crippen molar-refractivity contribution in [3.63, 3.8) is 0 Å². The summed E-state index contributed by atoms with van der Waals surface area (Å²) in [4.78, 5) is 9.79. The SMILES string of the molecule is CCNCc1ccc(Sc2nccc(C)n2)cc1Br. The molecule has 5 heteroatoms. The topological polar surface area (TPSA) is 37.8 Å². The molecule has 2 rings (SSSR count). The van der Waals surface area contributed by atoms with E-state index in [1.54, 1.807) is 18.0 Å². The van der Waals surface area contributed by atoms with Crippen molar-refractivity contribution in [2.24, 2.45) is 0 Å². The molecular formula is C14H16BrN3S. The molecule has 0 aliphatic carbocycles. The van der Waals surface area contributed by atoms with Gasteiger partial charge in [-0.1, -0.05) is 28.9 Å². The van der Waals surface area contributed by atoms with Gasteiger partial charge in [0.25, 0.3) is 0 Å². The number of nitrogens with zero attached hydrogens (tertiary/aromatic N) is 2. The largest absolute Gasteiger partial charge is 0.313 e. The summed E-state index contributed by atoms with van der Waals surface area (Å²) in [6.45, 7) is 5.93. The molecule has 19 heavy (non-hydrogen) atoms. The number of aryl methyl sites for hydroxylation is 1. The van der Waals surface area contributed by atoms with Gasteiger partial charge >= 0.3 is 0 Å². The summed E-state index contributed by atoms with van der Waals surface area (Å²) in [5.74, 6) is 0. The van der Waals surface area contributed by atoms with Crippen LogP contribution in [0, 0.1) is 6.92 Å². The van der Waals surface area contributed by atoms with Crippen molar-refractivity contribution in [3.05, 3.63) is 46.2 Å². The van der Waals surface area contributed by atoms with Gasteiger partial charge in [-0.3, -0.25) is 0 Å². The lowest BCUT2D eigenvalue weighted by atomic mass is 10.2. The van der Waals surface area contributed by atoms with E-state index in [2.05, 4.69) is 56.3 Å². The van der Waals surface area contributed by atoms with Crippen LogP contribution in [0.4, 0.5) is 0 Å². The van der Waals surface area contributed by atoms with Gasteiger partial charge in [0.1, 0.15) is 0 Å². The van der Waals surface area contributed by atoms with Gasteiger partial charge in [0.15, 0.2) is 5.16 Å². The fraction of sp³-hybridized carbons (Fsp3) is 0.286. The van der Waals surface area contributed by atoms with Crippen LogP contribution in [0.3, 0.4) is 0 Å². The van der Waals surface area contributed by atoms with E-state index in [0.717, 1.165) is 33.3 Å². The second-order valence-corrected chi connectivity index (χ2v) is 6.01. The first-order valence-electron chi connectivity index (χ1n) is 6.15. The third kappa shape index (κ3) is 4.30. The second-order valence-electron chi connectivity index (χ2n) is 4.12. The van der Waals surface area contributed by atoms with Crippen LogP contribution in [0.5, 0.6) is 0 Å². The van der Waals surface area contributed by atoms with Crippen LogP contribution < -0.4 is 5.32 Å². The molecule has 1 N–H and O–H groups in total. The minimum absolute atomic E-state index is 0.784. The van der Waals surface area contributed by atoms with Gasteiger partial charge in [0, 0.05) is 27.8 Å². The van der Waals surface area contributed by atoms with Crippen LogP contribution in [0.1, 0.15) is 18.2 Å². The van der Waals surface area contributed by atoms with E-state index in [9.17, 15) is 0 Å². The number of nitrogens with one attached hydrogen (secondary N) is 1. The van der Waals surface area contributed by atoms with Gasteiger partial charge in [-0.05, 0) is 49.0 Å². The minimum Gasteiger partial charge on any atom is -0.313 e. The van der Waals surface area contributed by atoms with Gasteiger partial charge in [-0.15, -0.1) is 0 Å². The van der Waals surface area contributed by atoms with Gasteiger partial charge < -0.3 is 5.32 Å². The van der Waals surface area contributed by atoms with Crippen LogP contribution in [-0.4, -0.2) is 16.5 Å². The summed E-state index contributed by atoms with van der Waals surface area (Å²) in [5.41, 5.74) is 2.25. The molecule has 1 aromatic heterocycles. The Kier molecular flexibility index (Phi) is 5.36. The van der Waals surface area contributed by atoms with Crippen molar-refractivity contribution in [2.45, 2.75) is 30.4 Å². The van der Waals surface area contributed by atoms with Crippen molar-refractivity contribution in [2.75, 3.05) is 6.54 Å². The molecule has 0 saturated carbocycles. The van der Waals surface area contributed by atoms with E-state index < -0.39 is 0 Å². The molecule has 0 radical (unpaired) electrons. The molecule has 0 amide bonds. The first-order chi connectivity index (χ1) is 9.19. The van der Waals surface area contributed by atoms with Gasteiger partial charge in [0.05, 0.1) is 0 Å². The quantitative estimate of drug-likeness (QED) is 0.842. The number of aromatic nitrogens is 2. The molecule has 1 heterocycles. The monoisotopic (exact) mass is 337 g/mol. The van der Waals surface area contributed by atoms with Crippen molar-refractivity contribution < 1.29 is 0 Å². The van der Waals surface area contributed by atoms with E-state index in [1.807, 2.05) is 13.0 Å². The number of hydrogen-bond donors (Lipinski definition) is 1. The van der Waals surface area contributed by atoms with E-state index in [1.165, 1.54) is 5.56 Å². The van der Waals surface area contributed by atoms with Gasteiger partial charge in [-0.2, -0.15) is 0 Å². The maximum Gasteiger partial charge on any atom is 0.192 e. The zero-order valence-electron chi connectivity index (χ0n) is 11.0. The normalized spacial score (nSPS) is 10.7. The van der Waals surface area contributed by atoms with Crippen LogP contribution in [0.15, 0.2) is 45.0 Å². The Morgan fingerprint density at radius 2 is 2.16 bits per heavy atom. The summed E-state index contributed by atoms with van der Waals surface area (Å²) in [6, 6.07) is 8.25. The molecule has 0 spiro atoms. The van der Waals surface area contributed by atoms with Crippen molar-refractivity contribution >= 4 is 27.7 Å². The Balaban J connectivity index is 2.11. The summed E-state index contributed by atoms with van der Waals surface area (Å²) >= 11 is 5.19. The van der Waals surface area contributed by atoms with Crippen molar-refractivity contribution in [3.8, 4) is 0 Å². The van der Waals surface area contributed by atoms with Crippen LogP contribution in [0.2, 0.25) is 0 Å². The van der Waals surface area contributed by atoms with Crippen LogP contribution in [-0.2, 0) is 6.54 Å². The molecule has 0 saturated heterocycles. The first-order valence-corrected chi connectivity index (χ1v) is 7.76. The standard InChI is InChI=1S/C14H16BrN3S/c1-3-16-9-11-4-5-12(8-13(11)15)19-14-17-7-6-10(2)18-14/h4-8,16H,3,9H2,1-2H3. The minimum atomic E-state index is 0.784. The molecule has 1 aromatic carbocycles. The van der Waals surface area contributed by atoms with Crippen LogP contribution >= 0.6 is 27.7 Å². The average molecular weight is 338 g/mol. The molecule has 0 fully saturated rings. The predicted molar refractivity (Wildman–Crippen MR) is 82.4 cm³/mol. The van der Waals surface area contributed by atoms with Gasteiger partial charge in [0.2, 0.25) is 0 Å². The lowest BCUT2D eigenvalue weighted by Gasteiger charge is -2.07. The summed E-state index contributed by atoms with van der Waals surface area (Å²) < 4.78 is 1.12. The van der Waals surface area contributed by atoms with E-state index in [-0.39, 0.29) is 0 Å². The fourth-order valence-electron chi connectivity index (χ4n) is 1.58. The number of halogens is 1.